The van der Waals surface area contributed by atoms with Gasteiger partial charge in [0.25, 0.3) is 0 Å². The van der Waals surface area contributed by atoms with Gasteiger partial charge in [-0.25, -0.2) is 4.98 Å². The molecule has 0 spiro atoms. The van der Waals surface area contributed by atoms with Crippen LogP contribution in [-0.2, 0) is 15.6 Å². The van der Waals surface area contributed by atoms with E-state index in [-0.39, 0.29) is 11.2 Å². The number of hydrogen-bond acceptors (Lipinski definition) is 4. The second kappa shape index (κ2) is 2.82. The van der Waals surface area contributed by atoms with E-state index in [1.54, 1.807) is 0 Å². The van der Waals surface area contributed by atoms with Crippen LogP contribution in [0.1, 0.15) is 44.7 Å². The Morgan fingerprint density at radius 3 is 2.53 bits per heavy atom. The topological polar surface area (TPSA) is 56.0 Å². The van der Waals surface area contributed by atoms with Gasteiger partial charge in [-0.15, -0.1) is 11.3 Å². The summed E-state index contributed by atoms with van der Waals surface area (Å²) in [6.07, 6.45) is 0.578. The smallest absolute Gasteiger partial charge is 0.180 e. The molecule has 2 N–H and O–H groups in total. The van der Waals surface area contributed by atoms with Crippen molar-refractivity contribution in [3.8, 4) is 0 Å². The van der Waals surface area contributed by atoms with Crippen LogP contribution in [0.2, 0.25) is 0 Å². The molecule has 15 heavy (non-hydrogen) atoms. The molecular weight excluding hydrogens is 208 g/mol. The minimum Gasteiger partial charge on any atom is -0.375 e. The number of nitrogens with zero attached hydrogens (tertiary/aromatic N) is 1. The Labute approximate surface area is 93.7 Å². The zero-order valence-electron chi connectivity index (χ0n) is 9.55. The van der Waals surface area contributed by atoms with Gasteiger partial charge < -0.3 is 5.73 Å². The number of Topliss-reactive ketones (excluding diaryl/α,β-unsaturated/α-hetero) is 1. The van der Waals surface area contributed by atoms with E-state index in [0.717, 1.165) is 5.69 Å². The fourth-order valence-electron chi connectivity index (χ4n) is 2.05. The third kappa shape index (κ3) is 1.39. The van der Waals surface area contributed by atoms with E-state index in [9.17, 15) is 4.79 Å². The van der Waals surface area contributed by atoms with E-state index in [0.29, 0.717) is 11.6 Å². The molecule has 3 nitrogen and oxygen atoms in total. The first-order chi connectivity index (χ1) is 6.75. The van der Waals surface area contributed by atoms with Crippen LogP contribution in [0.4, 0.5) is 5.13 Å². The SMILES string of the molecule is CC1(C)CC(=O)C(C)(C)c2nc(N)sc21. The maximum absolute atomic E-state index is 12.0. The second-order valence-corrected chi connectivity index (χ2v) is 6.37. The normalized spacial score (nSPS) is 22.5. The maximum atomic E-state index is 12.0. The molecule has 1 aliphatic carbocycles. The van der Waals surface area contributed by atoms with Crippen molar-refractivity contribution in [2.75, 3.05) is 5.73 Å². The molecule has 2 rings (SSSR count). The van der Waals surface area contributed by atoms with Crippen LogP contribution in [-0.4, -0.2) is 10.8 Å². The molecular formula is C11H16N2OS. The lowest BCUT2D eigenvalue weighted by atomic mass is 9.68. The van der Waals surface area contributed by atoms with Gasteiger partial charge in [-0.3, -0.25) is 4.79 Å². The fraction of sp³-hybridized carbons (Fsp3) is 0.636. The first kappa shape index (κ1) is 10.6. The van der Waals surface area contributed by atoms with E-state index in [1.807, 2.05) is 13.8 Å². The molecule has 0 aromatic carbocycles. The zero-order valence-corrected chi connectivity index (χ0v) is 10.4. The lowest BCUT2D eigenvalue weighted by Crippen LogP contribution is -2.41. The van der Waals surface area contributed by atoms with Gasteiger partial charge in [-0.2, -0.15) is 0 Å². The average Bonchev–Trinajstić information content (AvgIpc) is 2.45. The Morgan fingerprint density at radius 1 is 1.33 bits per heavy atom. The van der Waals surface area contributed by atoms with Gasteiger partial charge in [0.15, 0.2) is 5.13 Å². The summed E-state index contributed by atoms with van der Waals surface area (Å²) in [6.45, 7) is 8.03. The third-order valence-electron chi connectivity index (χ3n) is 3.15. The first-order valence-electron chi connectivity index (χ1n) is 5.06. The van der Waals surface area contributed by atoms with Crippen molar-refractivity contribution in [1.29, 1.82) is 0 Å². The molecule has 0 unspecified atom stereocenters. The minimum absolute atomic E-state index is 0.114. The summed E-state index contributed by atoms with van der Waals surface area (Å²) < 4.78 is 0. The number of fused-ring (bicyclic) bond motifs is 1. The van der Waals surface area contributed by atoms with Crippen molar-refractivity contribution < 1.29 is 4.79 Å². The molecule has 0 saturated heterocycles. The van der Waals surface area contributed by atoms with Crippen molar-refractivity contribution in [3.05, 3.63) is 10.6 Å². The molecule has 0 bridgehead atoms. The van der Waals surface area contributed by atoms with Crippen LogP contribution >= 0.6 is 11.3 Å². The second-order valence-electron chi connectivity index (χ2n) is 5.34. The van der Waals surface area contributed by atoms with Crippen molar-refractivity contribution in [2.24, 2.45) is 0 Å². The molecule has 0 atom stereocenters. The number of rotatable bonds is 0. The minimum atomic E-state index is -0.473. The standard InChI is InChI=1S/C11H16N2OS/c1-10(2)5-6(14)11(3,4)7-8(10)15-9(12)13-7/h5H2,1-4H3,(H2,12,13). The Balaban J connectivity index is 2.69. The van der Waals surface area contributed by atoms with Crippen LogP contribution < -0.4 is 5.73 Å². The lowest BCUT2D eigenvalue weighted by Gasteiger charge is -2.36. The maximum Gasteiger partial charge on any atom is 0.180 e. The molecule has 0 saturated carbocycles. The summed E-state index contributed by atoms with van der Waals surface area (Å²) in [4.78, 5) is 17.5. The highest BCUT2D eigenvalue weighted by atomic mass is 32.1. The highest BCUT2D eigenvalue weighted by molar-refractivity contribution is 7.15. The number of aromatic nitrogens is 1. The number of nitrogens with two attached hydrogens (primary N) is 1. The number of carbonyl (C=O) groups excluding carboxylic acids is 1. The van der Waals surface area contributed by atoms with Crippen LogP contribution in [0, 0.1) is 0 Å². The van der Waals surface area contributed by atoms with E-state index in [2.05, 4.69) is 18.8 Å². The molecule has 1 heterocycles. The fourth-order valence-corrected chi connectivity index (χ4v) is 3.15. The van der Waals surface area contributed by atoms with E-state index >= 15 is 0 Å². The van der Waals surface area contributed by atoms with Gasteiger partial charge in [0, 0.05) is 16.7 Å². The number of anilines is 1. The van der Waals surface area contributed by atoms with E-state index < -0.39 is 5.41 Å². The number of hydrogen-bond donors (Lipinski definition) is 1. The summed E-state index contributed by atoms with van der Waals surface area (Å²) in [5, 5.41) is 0.566. The molecule has 1 aliphatic rings. The van der Waals surface area contributed by atoms with Crippen LogP contribution in [0.15, 0.2) is 0 Å². The van der Waals surface area contributed by atoms with Gasteiger partial charge in [-0.1, -0.05) is 13.8 Å². The first-order valence-corrected chi connectivity index (χ1v) is 5.87. The highest BCUT2D eigenvalue weighted by Gasteiger charge is 2.45. The number of nitrogen functional groups attached to an aromatic ring is 1. The Kier molecular flexibility index (Phi) is 1.99. The molecule has 0 amide bonds. The van der Waals surface area contributed by atoms with Crippen LogP contribution in [0.5, 0.6) is 0 Å². The summed E-state index contributed by atoms with van der Waals surface area (Å²) in [6, 6.07) is 0. The quantitative estimate of drug-likeness (QED) is 0.735. The van der Waals surface area contributed by atoms with Gasteiger partial charge in [-0.05, 0) is 13.8 Å². The van der Waals surface area contributed by atoms with Crippen LogP contribution in [0.25, 0.3) is 0 Å². The molecule has 0 aliphatic heterocycles. The van der Waals surface area contributed by atoms with Crippen LogP contribution in [0.3, 0.4) is 0 Å². The lowest BCUT2D eigenvalue weighted by molar-refractivity contribution is -0.125. The number of thiazole rings is 1. The Morgan fingerprint density at radius 2 is 1.93 bits per heavy atom. The molecule has 4 heteroatoms. The predicted octanol–water partition coefficient (Wildman–Crippen LogP) is 2.25. The number of carbonyl (C=O) groups is 1. The molecule has 0 radical (unpaired) electrons. The summed E-state index contributed by atoms with van der Waals surface area (Å²) in [7, 11) is 0. The Hall–Kier alpha value is -0.900. The largest absolute Gasteiger partial charge is 0.375 e. The predicted molar refractivity (Wildman–Crippen MR) is 62.2 cm³/mol. The summed E-state index contributed by atoms with van der Waals surface area (Å²) >= 11 is 1.52. The van der Waals surface area contributed by atoms with Crippen molar-refractivity contribution in [1.82, 2.24) is 4.98 Å². The monoisotopic (exact) mass is 224 g/mol. The summed E-state index contributed by atoms with van der Waals surface area (Å²) in [5.41, 5.74) is 6.04. The van der Waals surface area contributed by atoms with Gasteiger partial charge in [0.1, 0.15) is 5.78 Å². The molecule has 0 fully saturated rings. The molecule has 82 valence electrons. The average molecular weight is 224 g/mol. The molecule has 1 aromatic heterocycles. The van der Waals surface area contributed by atoms with E-state index in [4.69, 9.17) is 5.73 Å². The van der Waals surface area contributed by atoms with Crippen molar-refractivity contribution in [2.45, 2.75) is 44.9 Å². The van der Waals surface area contributed by atoms with Crippen molar-refractivity contribution >= 4 is 22.3 Å². The highest BCUT2D eigenvalue weighted by Crippen LogP contribution is 2.46. The summed E-state index contributed by atoms with van der Waals surface area (Å²) in [5.74, 6) is 0.255. The number of ketones is 1. The van der Waals surface area contributed by atoms with Gasteiger partial charge >= 0.3 is 0 Å². The zero-order chi connectivity index (χ0) is 11.4. The molecule has 1 aromatic rings. The van der Waals surface area contributed by atoms with Gasteiger partial charge in [0.05, 0.1) is 11.1 Å². The third-order valence-corrected chi connectivity index (χ3v) is 4.40. The van der Waals surface area contributed by atoms with Gasteiger partial charge in [0.2, 0.25) is 0 Å². The van der Waals surface area contributed by atoms with E-state index in [1.165, 1.54) is 16.2 Å². The van der Waals surface area contributed by atoms with Crippen molar-refractivity contribution in [3.63, 3.8) is 0 Å². The Bertz CT molecular complexity index is 432.